The van der Waals surface area contributed by atoms with Crippen LogP contribution >= 0.6 is 11.8 Å². The molecule has 1 heterocycles. The second kappa shape index (κ2) is 9.15. The van der Waals surface area contributed by atoms with Crippen molar-refractivity contribution in [1.82, 2.24) is 14.9 Å². The van der Waals surface area contributed by atoms with E-state index >= 15 is 0 Å². The summed E-state index contributed by atoms with van der Waals surface area (Å²) in [7, 11) is 1.53. The van der Waals surface area contributed by atoms with Gasteiger partial charge in [0.1, 0.15) is 11.6 Å². The van der Waals surface area contributed by atoms with Crippen molar-refractivity contribution in [2.24, 2.45) is 0 Å². The Morgan fingerprint density at radius 1 is 1.28 bits per heavy atom. The van der Waals surface area contributed by atoms with Gasteiger partial charge in [0.25, 0.3) is 5.56 Å². The number of rotatable bonds is 7. The Balaban J connectivity index is 2.01. The van der Waals surface area contributed by atoms with E-state index < -0.39 is 17.2 Å². The van der Waals surface area contributed by atoms with Crippen molar-refractivity contribution >= 4 is 28.6 Å². The summed E-state index contributed by atoms with van der Waals surface area (Å²) < 4.78 is 33.8. The van der Waals surface area contributed by atoms with Crippen LogP contribution in [-0.2, 0) is 9.53 Å². The van der Waals surface area contributed by atoms with Crippen molar-refractivity contribution in [3.8, 4) is 5.69 Å². The number of nitrogens with one attached hydrogen (secondary N) is 1. The van der Waals surface area contributed by atoms with Gasteiger partial charge in [-0.25, -0.2) is 13.8 Å². The Hall–Kier alpha value is -2.78. The van der Waals surface area contributed by atoms with Crippen LogP contribution in [0.25, 0.3) is 16.6 Å². The Morgan fingerprint density at radius 2 is 2.03 bits per heavy atom. The lowest BCUT2D eigenvalue weighted by molar-refractivity contribution is -0.119. The summed E-state index contributed by atoms with van der Waals surface area (Å²) in [5.41, 5.74) is -0.214. The molecule has 1 amide bonds. The van der Waals surface area contributed by atoms with Gasteiger partial charge in [-0.05, 0) is 31.2 Å². The smallest absolute Gasteiger partial charge is 0.266 e. The number of ether oxygens (including phenoxy) is 1. The zero-order valence-corrected chi connectivity index (χ0v) is 16.6. The number of thioether (sulfide) groups is 1. The third-order valence-electron chi connectivity index (χ3n) is 4.05. The highest BCUT2D eigenvalue weighted by Crippen LogP contribution is 2.23. The van der Waals surface area contributed by atoms with E-state index in [1.807, 2.05) is 0 Å². The molecule has 3 rings (SSSR count). The highest BCUT2D eigenvalue weighted by Gasteiger charge is 2.18. The summed E-state index contributed by atoms with van der Waals surface area (Å²) in [6.45, 7) is 2.15. The number of halogens is 2. The molecule has 152 valence electrons. The minimum atomic E-state index is -0.899. The number of hydrogen-bond acceptors (Lipinski definition) is 5. The number of benzene rings is 2. The number of fused-ring (bicyclic) bond motifs is 1. The number of para-hydroxylation sites is 1. The molecule has 29 heavy (non-hydrogen) atoms. The third kappa shape index (κ3) is 4.80. The second-order valence-corrected chi connectivity index (χ2v) is 7.30. The summed E-state index contributed by atoms with van der Waals surface area (Å²) in [4.78, 5) is 29.6. The highest BCUT2D eigenvalue weighted by molar-refractivity contribution is 7.99. The molecule has 0 spiro atoms. The van der Waals surface area contributed by atoms with Gasteiger partial charge >= 0.3 is 0 Å². The van der Waals surface area contributed by atoms with Crippen LogP contribution in [0.4, 0.5) is 8.78 Å². The quantitative estimate of drug-likeness (QED) is 0.471. The van der Waals surface area contributed by atoms with Gasteiger partial charge in [-0.1, -0.05) is 23.9 Å². The van der Waals surface area contributed by atoms with E-state index in [4.69, 9.17) is 4.74 Å². The van der Waals surface area contributed by atoms with E-state index in [1.165, 1.54) is 13.2 Å². The fourth-order valence-corrected chi connectivity index (χ4v) is 3.64. The van der Waals surface area contributed by atoms with Crippen molar-refractivity contribution < 1.29 is 18.3 Å². The summed E-state index contributed by atoms with van der Waals surface area (Å²) in [6.07, 6.45) is 0. The molecule has 1 N–H and O–H groups in total. The van der Waals surface area contributed by atoms with E-state index in [9.17, 15) is 18.4 Å². The molecule has 0 aliphatic heterocycles. The minimum Gasteiger partial charge on any atom is -0.383 e. The van der Waals surface area contributed by atoms with Crippen molar-refractivity contribution in [3.63, 3.8) is 0 Å². The predicted molar refractivity (Wildman–Crippen MR) is 107 cm³/mol. The SMILES string of the molecule is COCC(C)NC(=O)CSc1nc2ccccc2c(=O)n1-c1ccc(F)cc1F. The molecule has 9 heteroatoms. The van der Waals surface area contributed by atoms with Gasteiger partial charge in [-0.2, -0.15) is 0 Å². The van der Waals surface area contributed by atoms with Crippen LogP contribution in [0.1, 0.15) is 6.92 Å². The number of aromatic nitrogens is 2. The number of carbonyl (C=O) groups is 1. The molecule has 3 aromatic rings. The van der Waals surface area contributed by atoms with Gasteiger partial charge in [-0.15, -0.1) is 0 Å². The van der Waals surface area contributed by atoms with Crippen molar-refractivity contribution in [2.75, 3.05) is 19.5 Å². The number of methoxy groups -OCH3 is 1. The van der Waals surface area contributed by atoms with Crippen molar-refractivity contribution in [3.05, 3.63) is 64.5 Å². The van der Waals surface area contributed by atoms with Gasteiger partial charge in [0.2, 0.25) is 5.91 Å². The summed E-state index contributed by atoms with van der Waals surface area (Å²) in [5.74, 6) is -1.98. The Morgan fingerprint density at radius 3 is 2.76 bits per heavy atom. The first-order chi connectivity index (χ1) is 13.9. The molecule has 0 saturated heterocycles. The zero-order chi connectivity index (χ0) is 21.0. The maximum atomic E-state index is 14.4. The minimum absolute atomic E-state index is 0.0400. The monoisotopic (exact) mass is 419 g/mol. The zero-order valence-electron chi connectivity index (χ0n) is 15.8. The molecule has 0 aliphatic rings. The highest BCUT2D eigenvalue weighted by atomic mass is 32.2. The molecule has 0 bridgehead atoms. The predicted octanol–water partition coefficient (Wildman–Crippen LogP) is 2.91. The van der Waals surface area contributed by atoms with Crippen LogP contribution in [-0.4, -0.2) is 41.0 Å². The van der Waals surface area contributed by atoms with E-state index in [1.54, 1.807) is 31.2 Å². The van der Waals surface area contributed by atoms with Crippen LogP contribution < -0.4 is 10.9 Å². The van der Waals surface area contributed by atoms with Gasteiger partial charge in [0.15, 0.2) is 5.16 Å². The molecular weight excluding hydrogens is 400 g/mol. The van der Waals surface area contributed by atoms with E-state index in [0.717, 1.165) is 22.4 Å². The van der Waals surface area contributed by atoms with E-state index in [0.29, 0.717) is 23.6 Å². The van der Waals surface area contributed by atoms with Crippen LogP contribution in [0.2, 0.25) is 0 Å². The molecule has 0 aliphatic carbocycles. The standard InChI is InChI=1S/C20H19F2N3O3S/c1-12(10-28-2)23-18(26)11-29-20-24-16-6-4-3-5-14(16)19(27)25(20)17-8-7-13(21)9-15(17)22/h3-9,12H,10-11H2,1-2H3,(H,23,26). The van der Waals surface area contributed by atoms with E-state index in [2.05, 4.69) is 10.3 Å². The van der Waals surface area contributed by atoms with E-state index in [-0.39, 0.29) is 28.5 Å². The maximum absolute atomic E-state index is 14.4. The van der Waals surface area contributed by atoms with Gasteiger partial charge in [-0.3, -0.25) is 14.2 Å². The lowest BCUT2D eigenvalue weighted by atomic mass is 10.2. The first-order valence-electron chi connectivity index (χ1n) is 8.79. The number of nitrogens with zero attached hydrogens (tertiary/aromatic N) is 2. The molecule has 0 fully saturated rings. The van der Waals surface area contributed by atoms with Crippen molar-refractivity contribution in [1.29, 1.82) is 0 Å². The van der Waals surface area contributed by atoms with Gasteiger partial charge < -0.3 is 10.1 Å². The lowest BCUT2D eigenvalue weighted by Gasteiger charge is -2.15. The molecule has 2 aromatic carbocycles. The second-order valence-electron chi connectivity index (χ2n) is 6.36. The topological polar surface area (TPSA) is 73.2 Å². The van der Waals surface area contributed by atoms with Gasteiger partial charge in [0, 0.05) is 19.2 Å². The van der Waals surface area contributed by atoms with Crippen LogP contribution in [0.3, 0.4) is 0 Å². The molecule has 1 aromatic heterocycles. The normalized spacial score (nSPS) is 12.1. The third-order valence-corrected chi connectivity index (χ3v) is 4.99. The number of hydrogen-bond donors (Lipinski definition) is 1. The van der Waals surface area contributed by atoms with Crippen LogP contribution in [0.5, 0.6) is 0 Å². The molecule has 6 nitrogen and oxygen atoms in total. The number of carbonyl (C=O) groups excluding carboxylic acids is 1. The van der Waals surface area contributed by atoms with Crippen LogP contribution in [0, 0.1) is 11.6 Å². The Labute approximate surface area is 169 Å². The average Bonchev–Trinajstić information content (AvgIpc) is 2.67. The first kappa shape index (κ1) is 20.9. The van der Waals surface area contributed by atoms with Gasteiger partial charge in [0.05, 0.1) is 29.0 Å². The fourth-order valence-electron chi connectivity index (χ4n) is 2.82. The average molecular weight is 419 g/mol. The lowest BCUT2D eigenvalue weighted by Crippen LogP contribution is -2.36. The largest absolute Gasteiger partial charge is 0.383 e. The maximum Gasteiger partial charge on any atom is 0.266 e. The summed E-state index contributed by atoms with van der Waals surface area (Å²) in [5, 5.41) is 3.18. The molecule has 0 saturated carbocycles. The molecule has 1 atom stereocenters. The molecule has 1 unspecified atom stereocenters. The summed E-state index contributed by atoms with van der Waals surface area (Å²) in [6, 6.07) is 9.39. The molecule has 0 radical (unpaired) electrons. The summed E-state index contributed by atoms with van der Waals surface area (Å²) >= 11 is 0.991. The Bertz CT molecular complexity index is 1100. The fraction of sp³-hybridized carbons (Fsp3) is 0.250. The number of amides is 1. The van der Waals surface area contributed by atoms with Crippen LogP contribution in [0.15, 0.2) is 52.4 Å². The first-order valence-corrected chi connectivity index (χ1v) is 9.77. The molecular formula is C20H19F2N3O3S. The Kier molecular flexibility index (Phi) is 6.60. The van der Waals surface area contributed by atoms with Crippen molar-refractivity contribution in [2.45, 2.75) is 18.1 Å².